The lowest BCUT2D eigenvalue weighted by Crippen LogP contribution is -2.37. The van der Waals surface area contributed by atoms with E-state index in [0.29, 0.717) is 18.0 Å². The molecule has 1 aromatic rings. The first-order valence-electron chi connectivity index (χ1n) is 7.57. The van der Waals surface area contributed by atoms with E-state index < -0.39 is 0 Å². The number of nitrogens with zero attached hydrogens (tertiary/aromatic N) is 1. The number of benzene rings is 1. The second kappa shape index (κ2) is 9.65. The molecule has 122 valence electrons. The highest BCUT2D eigenvalue weighted by Gasteiger charge is 2.06. The number of aliphatic imine (C=N–C) groups is 1. The molecule has 0 aliphatic carbocycles. The van der Waals surface area contributed by atoms with Crippen molar-refractivity contribution in [1.82, 2.24) is 10.6 Å². The Balaban J connectivity index is 2.84. The Labute approximate surface area is 132 Å². The van der Waals surface area contributed by atoms with E-state index in [1.54, 1.807) is 7.11 Å². The number of rotatable bonds is 7. The number of nitrogens with one attached hydrogen (secondary N) is 3. The van der Waals surface area contributed by atoms with Gasteiger partial charge in [-0.15, -0.1) is 0 Å². The summed E-state index contributed by atoms with van der Waals surface area (Å²) in [6.07, 6.45) is 1.04. The van der Waals surface area contributed by atoms with Crippen LogP contribution in [0.3, 0.4) is 0 Å². The zero-order chi connectivity index (χ0) is 16.4. The van der Waals surface area contributed by atoms with Crippen molar-refractivity contribution in [3.05, 3.63) is 23.8 Å². The Morgan fingerprint density at radius 3 is 2.64 bits per heavy atom. The van der Waals surface area contributed by atoms with E-state index in [9.17, 15) is 4.79 Å². The Bertz CT molecular complexity index is 515. The van der Waals surface area contributed by atoms with E-state index in [0.717, 1.165) is 31.0 Å². The van der Waals surface area contributed by atoms with Gasteiger partial charge in [-0.1, -0.05) is 13.0 Å². The van der Waals surface area contributed by atoms with Gasteiger partial charge in [0, 0.05) is 20.0 Å². The molecule has 6 heteroatoms. The highest BCUT2D eigenvalue weighted by molar-refractivity contribution is 5.90. The number of ether oxygens (including phenoxy) is 1. The fraction of sp³-hybridized carbons (Fsp3) is 0.500. The predicted molar refractivity (Wildman–Crippen MR) is 90.4 cm³/mol. The smallest absolute Gasteiger partial charge is 0.221 e. The van der Waals surface area contributed by atoms with E-state index >= 15 is 0 Å². The Morgan fingerprint density at radius 1 is 1.27 bits per heavy atom. The first kappa shape index (κ1) is 17.8. The van der Waals surface area contributed by atoms with Crippen LogP contribution in [0, 0.1) is 0 Å². The molecule has 0 radical (unpaired) electrons. The maximum Gasteiger partial charge on any atom is 0.221 e. The van der Waals surface area contributed by atoms with Crippen molar-refractivity contribution in [3.8, 4) is 5.75 Å². The Hall–Kier alpha value is -2.24. The molecular weight excluding hydrogens is 280 g/mol. The van der Waals surface area contributed by atoms with Gasteiger partial charge < -0.3 is 20.7 Å². The highest BCUT2D eigenvalue weighted by Crippen LogP contribution is 2.25. The number of carbonyl (C=O) groups is 1. The lowest BCUT2D eigenvalue weighted by molar-refractivity contribution is -0.114. The fourth-order valence-corrected chi connectivity index (χ4v) is 1.90. The third-order valence-corrected chi connectivity index (χ3v) is 2.88. The van der Waals surface area contributed by atoms with Crippen molar-refractivity contribution >= 4 is 17.6 Å². The van der Waals surface area contributed by atoms with Gasteiger partial charge in [-0.3, -0.25) is 4.79 Å². The van der Waals surface area contributed by atoms with Gasteiger partial charge in [0.2, 0.25) is 5.91 Å². The molecule has 0 bridgehead atoms. The predicted octanol–water partition coefficient (Wildman–Crippen LogP) is 2.12. The van der Waals surface area contributed by atoms with Crippen molar-refractivity contribution in [2.45, 2.75) is 33.7 Å². The number of hydrogen-bond donors (Lipinski definition) is 3. The first-order valence-corrected chi connectivity index (χ1v) is 7.57. The number of carbonyl (C=O) groups excluding carboxylic acids is 1. The molecule has 0 saturated heterocycles. The minimum Gasteiger partial charge on any atom is -0.495 e. The third-order valence-electron chi connectivity index (χ3n) is 2.88. The van der Waals surface area contributed by atoms with Gasteiger partial charge in [0.25, 0.3) is 0 Å². The fourth-order valence-electron chi connectivity index (χ4n) is 1.90. The molecule has 0 heterocycles. The zero-order valence-electron chi connectivity index (χ0n) is 13.8. The molecule has 0 saturated carbocycles. The molecule has 0 aliphatic rings. The molecule has 0 unspecified atom stereocenters. The summed E-state index contributed by atoms with van der Waals surface area (Å²) in [6.45, 7) is 7.84. The third kappa shape index (κ3) is 6.03. The SMILES string of the molecule is CCCNC(=NCc1ccc(OC)c(NC(C)=O)c1)NCC. The summed E-state index contributed by atoms with van der Waals surface area (Å²) >= 11 is 0. The largest absolute Gasteiger partial charge is 0.495 e. The lowest BCUT2D eigenvalue weighted by Gasteiger charge is -2.12. The summed E-state index contributed by atoms with van der Waals surface area (Å²) in [5.41, 5.74) is 1.66. The molecule has 22 heavy (non-hydrogen) atoms. The summed E-state index contributed by atoms with van der Waals surface area (Å²) in [6, 6.07) is 5.66. The van der Waals surface area contributed by atoms with Crippen molar-refractivity contribution in [2.24, 2.45) is 4.99 Å². The topological polar surface area (TPSA) is 74.8 Å². The molecule has 1 rings (SSSR count). The van der Waals surface area contributed by atoms with Crippen LogP contribution in [-0.4, -0.2) is 32.1 Å². The van der Waals surface area contributed by atoms with Crippen LogP contribution in [0.4, 0.5) is 5.69 Å². The summed E-state index contributed by atoms with van der Waals surface area (Å²) in [5, 5.41) is 9.22. The minimum absolute atomic E-state index is 0.128. The minimum atomic E-state index is -0.128. The second-order valence-electron chi connectivity index (χ2n) is 4.84. The van der Waals surface area contributed by atoms with Gasteiger partial charge >= 0.3 is 0 Å². The molecule has 1 amide bonds. The maximum absolute atomic E-state index is 11.2. The summed E-state index contributed by atoms with van der Waals surface area (Å²) < 4.78 is 5.24. The molecule has 0 fully saturated rings. The van der Waals surface area contributed by atoms with Crippen LogP contribution >= 0.6 is 0 Å². The van der Waals surface area contributed by atoms with E-state index in [-0.39, 0.29) is 5.91 Å². The number of guanidine groups is 1. The summed E-state index contributed by atoms with van der Waals surface area (Å²) in [4.78, 5) is 15.8. The Morgan fingerprint density at radius 2 is 2.05 bits per heavy atom. The Kier molecular flexibility index (Phi) is 7.81. The van der Waals surface area contributed by atoms with Gasteiger partial charge in [-0.2, -0.15) is 0 Å². The molecule has 0 aliphatic heterocycles. The summed E-state index contributed by atoms with van der Waals surface area (Å²) in [7, 11) is 1.58. The average molecular weight is 306 g/mol. The highest BCUT2D eigenvalue weighted by atomic mass is 16.5. The van der Waals surface area contributed by atoms with Crippen molar-refractivity contribution in [1.29, 1.82) is 0 Å². The molecule has 6 nitrogen and oxygen atoms in total. The van der Waals surface area contributed by atoms with Crippen LogP contribution in [0.1, 0.15) is 32.8 Å². The summed E-state index contributed by atoms with van der Waals surface area (Å²) in [5.74, 6) is 1.30. The molecular formula is C16H26N4O2. The van der Waals surface area contributed by atoms with Crippen LogP contribution in [-0.2, 0) is 11.3 Å². The van der Waals surface area contributed by atoms with Gasteiger partial charge in [0.05, 0.1) is 19.3 Å². The number of anilines is 1. The molecule has 0 aromatic heterocycles. The van der Waals surface area contributed by atoms with E-state index in [4.69, 9.17) is 4.74 Å². The van der Waals surface area contributed by atoms with Crippen LogP contribution in [0.25, 0.3) is 0 Å². The van der Waals surface area contributed by atoms with Gasteiger partial charge in [-0.25, -0.2) is 4.99 Å². The van der Waals surface area contributed by atoms with Crippen molar-refractivity contribution in [3.63, 3.8) is 0 Å². The number of hydrogen-bond acceptors (Lipinski definition) is 3. The molecule has 3 N–H and O–H groups in total. The van der Waals surface area contributed by atoms with Crippen molar-refractivity contribution < 1.29 is 9.53 Å². The van der Waals surface area contributed by atoms with E-state index in [1.165, 1.54) is 6.92 Å². The molecule has 0 atom stereocenters. The van der Waals surface area contributed by atoms with Crippen LogP contribution in [0.5, 0.6) is 5.75 Å². The van der Waals surface area contributed by atoms with Crippen LogP contribution < -0.4 is 20.7 Å². The molecule has 0 spiro atoms. The maximum atomic E-state index is 11.2. The van der Waals surface area contributed by atoms with E-state index in [1.807, 2.05) is 25.1 Å². The molecule has 1 aromatic carbocycles. The zero-order valence-corrected chi connectivity index (χ0v) is 13.8. The second-order valence-corrected chi connectivity index (χ2v) is 4.84. The van der Waals surface area contributed by atoms with Gasteiger partial charge in [0.15, 0.2) is 5.96 Å². The lowest BCUT2D eigenvalue weighted by atomic mass is 10.2. The number of amides is 1. The monoisotopic (exact) mass is 306 g/mol. The number of methoxy groups -OCH3 is 1. The standard InChI is InChI=1S/C16H26N4O2/c1-5-9-18-16(17-6-2)19-11-13-7-8-15(22-4)14(10-13)20-12(3)21/h7-8,10H,5-6,9,11H2,1-4H3,(H,20,21)(H2,17,18,19). The quantitative estimate of drug-likeness (QED) is 0.533. The first-order chi connectivity index (χ1) is 10.6. The normalized spacial score (nSPS) is 11.0. The van der Waals surface area contributed by atoms with Crippen LogP contribution in [0.2, 0.25) is 0 Å². The average Bonchev–Trinajstić information content (AvgIpc) is 2.49. The van der Waals surface area contributed by atoms with E-state index in [2.05, 4.69) is 27.9 Å². The van der Waals surface area contributed by atoms with Crippen LogP contribution in [0.15, 0.2) is 23.2 Å². The van der Waals surface area contributed by atoms with Crippen molar-refractivity contribution in [2.75, 3.05) is 25.5 Å². The van der Waals surface area contributed by atoms with Gasteiger partial charge in [-0.05, 0) is 31.0 Å². The van der Waals surface area contributed by atoms with Gasteiger partial charge in [0.1, 0.15) is 5.75 Å².